The van der Waals surface area contributed by atoms with Crippen LogP contribution < -0.4 is 5.32 Å². The SMILES string of the molecule is Cc1ccc(NC(=O)c2cc(-c3ccccn3)n[nH]2)c(C)c1. The van der Waals surface area contributed by atoms with Gasteiger partial charge in [0.1, 0.15) is 11.4 Å². The van der Waals surface area contributed by atoms with Crippen molar-refractivity contribution in [2.24, 2.45) is 0 Å². The topological polar surface area (TPSA) is 70.7 Å². The van der Waals surface area contributed by atoms with Crippen LogP contribution in [-0.2, 0) is 0 Å². The third-order valence-corrected chi connectivity index (χ3v) is 3.38. The second-order valence-corrected chi connectivity index (χ2v) is 5.15. The highest BCUT2D eigenvalue weighted by molar-refractivity contribution is 6.03. The van der Waals surface area contributed by atoms with Crippen molar-refractivity contribution in [2.45, 2.75) is 13.8 Å². The molecule has 3 rings (SSSR count). The zero-order valence-corrected chi connectivity index (χ0v) is 12.4. The number of rotatable bonds is 3. The molecule has 0 aliphatic heterocycles. The molecule has 1 amide bonds. The standard InChI is InChI=1S/C17H16N4O/c1-11-6-7-13(12(2)9-11)19-17(22)16-10-15(20-21-16)14-5-3-4-8-18-14/h3-10H,1-2H3,(H,19,22)(H,20,21). The number of aromatic nitrogens is 3. The van der Waals surface area contributed by atoms with Crippen molar-refractivity contribution in [3.05, 3.63) is 65.5 Å². The quantitative estimate of drug-likeness (QED) is 0.777. The maximum Gasteiger partial charge on any atom is 0.273 e. The van der Waals surface area contributed by atoms with Crippen LogP contribution in [0.2, 0.25) is 0 Å². The van der Waals surface area contributed by atoms with E-state index in [2.05, 4.69) is 20.5 Å². The molecule has 0 saturated heterocycles. The van der Waals surface area contributed by atoms with Gasteiger partial charge in [-0.3, -0.25) is 14.9 Å². The average molecular weight is 292 g/mol. The highest BCUT2D eigenvalue weighted by atomic mass is 16.1. The minimum atomic E-state index is -0.221. The smallest absolute Gasteiger partial charge is 0.273 e. The van der Waals surface area contributed by atoms with E-state index in [0.29, 0.717) is 11.4 Å². The first-order valence-electron chi connectivity index (χ1n) is 6.99. The Balaban J connectivity index is 1.80. The zero-order chi connectivity index (χ0) is 15.5. The average Bonchev–Trinajstić information content (AvgIpc) is 3.01. The number of carbonyl (C=O) groups is 1. The number of carbonyl (C=O) groups excluding carboxylic acids is 1. The van der Waals surface area contributed by atoms with E-state index in [4.69, 9.17) is 0 Å². The molecular formula is C17H16N4O. The lowest BCUT2D eigenvalue weighted by atomic mass is 10.1. The fraction of sp³-hybridized carbons (Fsp3) is 0.118. The van der Waals surface area contributed by atoms with E-state index >= 15 is 0 Å². The summed E-state index contributed by atoms with van der Waals surface area (Å²) in [5.74, 6) is -0.221. The van der Waals surface area contributed by atoms with Gasteiger partial charge in [-0.1, -0.05) is 23.8 Å². The summed E-state index contributed by atoms with van der Waals surface area (Å²) < 4.78 is 0. The number of hydrogen-bond donors (Lipinski definition) is 2. The highest BCUT2D eigenvalue weighted by Crippen LogP contribution is 2.18. The summed E-state index contributed by atoms with van der Waals surface area (Å²) in [4.78, 5) is 16.5. The molecule has 0 unspecified atom stereocenters. The third kappa shape index (κ3) is 2.88. The van der Waals surface area contributed by atoms with Crippen LogP contribution >= 0.6 is 0 Å². The van der Waals surface area contributed by atoms with Gasteiger partial charge in [0.25, 0.3) is 5.91 Å². The summed E-state index contributed by atoms with van der Waals surface area (Å²) in [7, 11) is 0. The van der Waals surface area contributed by atoms with Gasteiger partial charge in [-0.25, -0.2) is 0 Å². The van der Waals surface area contributed by atoms with Gasteiger partial charge in [0.2, 0.25) is 0 Å². The monoisotopic (exact) mass is 292 g/mol. The van der Waals surface area contributed by atoms with Crippen molar-refractivity contribution >= 4 is 11.6 Å². The zero-order valence-electron chi connectivity index (χ0n) is 12.4. The molecule has 0 aliphatic carbocycles. The van der Waals surface area contributed by atoms with E-state index in [-0.39, 0.29) is 5.91 Å². The Kier molecular flexibility index (Phi) is 3.70. The Labute approximate surface area is 128 Å². The van der Waals surface area contributed by atoms with Gasteiger partial charge in [0, 0.05) is 11.9 Å². The Bertz CT molecular complexity index is 809. The van der Waals surface area contributed by atoms with Crippen molar-refractivity contribution in [3.8, 4) is 11.4 Å². The molecule has 2 aromatic heterocycles. The van der Waals surface area contributed by atoms with E-state index in [1.807, 2.05) is 50.2 Å². The summed E-state index contributed by atoms with van der Waals surface area (Å²) in [5, 5.41) is 9.78. The summed E-state index contributed by atoms with van der Waals surface area (Å²) in [6.07, 6.45) is 1.69. The number of nitrogens with zero attached hydrogens (tertiary/aromatic N) is 2. The molecule has 110 valence electrons. The molecule has 1 aromatic carbocycles. The van der Waals surface area contributed by atoms with E-state index < -0.39 is 0 Å². The lowest BCUT2D eigenvalue weighted by molar-refractivity contribution is 0.102. The molecule has 22 heavy (non-hydrogen) atoms. The molecule has 5 heteroatoms. The molecule has 2 N–H and O–H groups in total. The Morgan fingerprint density at radius 1 is 1.09 bits per heavy atom. The first-order valence-corrected chi connectivity index (χ1v) is 6.99. The number of nitrogens with one attached hydrogen (secondary N) is 2. The number of aromatic amines is 1. The van der Waals surface area contributed by atoms with Gasteiger partial charge >= 0.3 is 0 Å². The van der Waals surface area contributed by atoms with E-state index in [0.717, 1.165) is 22.5 Å². The molecule has 2 heterocycles. The first kappa shape index (κ1) is 14.0. The van der Waals surface area contributed by atoms with Crippen molar-refractivity contribution < 1.29 is 4.79 Å². The molecule has 0 atom stereocenters. The van der Waals surface area contributed by atoms with Crippen LogP contribution in [0.25, 0.3) is 11.4 Å². The second kappa shape index (κ2) is 5.81. The normalized spacial score (nSPS) is 10.5. The van der Waals surface area contributed by atoms with Gasteiger partial charge in [0.15, 0.2) is 0 Å². The summed E-state index contributed by atoms with van der Waals surface area (Å²) in [6, 6.07) is 13.2. The predicted octanol–water partition coefficient (Wildman–Crippen LogP) is 3.34. The van der Waals surface area contributed by atoms with Crippen LogP contribution in [0.15, 0.2) is 48.7 Å². The number of anilines is 1. The van der Waals surface area contributed by atoms with Gasteiger partial charge in [-0.15, -0.1) is 0 Å². The second-order valence-electron chi connectivity index (χ2n) is 5.15. The first-order chi connectivity index (χ1) is 10.6. The van der Waals surface area contributed by atoms with Gasteiger partial charge in [0.05, 0.1) is 5.69 Å². The number of hydrogen-bond acceptors (Lipinski definition) is 3. The molecule has 0 spiro atoms. The number of pyridine rings is 1. The summed E-state index contributed by atoms with van der Waals surface area (Å²) in [6.45, 7) is 3.99. The lowest BCUT2D eigenvalue weighted by Gasteiger charge is -2.07. The largest absolute Gasteiger partial charge is 0.320 e. The maximum atomic E-state index is 12.3. The number of H-pyrrole nitrogens is 1. The van der Waals surface area contributed by atoms with Crippen LogP contribution in [0.5, 0.6) is 0 Å². The molecule has 5 nitrogen and oxygen atoms in total. The predicted molar refractivity (Wildman–Crippen MR) is 85.7 cm³/mol. The maximum absolute atomic E-state index is 12.3. The fourth-order valence-corrected chi connectivity index (χ4v) is 2.23. The Morgan fingerprint density at radius 2 is 1.95 bits per heavy atom. The number of benzene rings is 1. The highest BCUT2D eigenvalue weighted by Gasteiger charge is 2.12. The van der Waals surface area contributed by atoms with Gasteiger partial charge in [-0.2, -0.15) is 5.10 Å². The van der Waals surface area contributed by atoms with Crippen LogP contribution in [0.3, 0.4) is 0 Å². The molecule has 0 radical (unpaired) electrons. The summed E-state index contributed by atoms with van der Waals surface area (Å²) in [5.41, 5.74) is 4.76. The Morgan fingerprint density at radius 3 is 2.68 bits per heavy atom. The molecule has 3 aromatic rings. The lowest BCUT2D eigenvalue weighted by Crippen LogP contribution is -2.13. The van der Waals surface area contributed by atoms with E-state index in [1.54, 1.807) is 12.3 Å². The molecule has 0 saturated carbocycles. The fourth-order valence-electron chi connectivity index (χ4n) is 2.23. The van der Waals surface area contributed by atoms with Crippen LogP contribution in [-0.4, -0.2) is 21.1 Å². The third-order valence-electron chi connectivity index (χ3n) is 3.38. The Hall–Kier alpha value is -2.95. The van der Waals surface area contributed by atoms with Gasteiger partial charge < -0.3 is 5.32 Å². The number of aryl methyl sites for hydroxylation is 2. The van der Waals surface area contributed by atoms with Crippen molar-refractivity contribution in [1.29, 1.82) is 0 Å². The molecule has 0 bridgehead atoms. The van der Waals surface area contributed by atoms with Crippen molar-refractivity contribution in [2.75, 3.05) is 5.32 Å². The van der Waals surface area contributed by atoms with Crippen LogP contribution in [0, 0.1) is 13.8 Å². The minimum Gasteiger partial charge on any atom is -0.320 e. The minimum absolute atomic E-state index is 0.221. The number of amides is 1. The van der Waals surface area contributed by atoms with E-state index in [9.17, 15) is 4.79 Å². The van der Waals surface area contributed by atoms with Crippen LogP contribution in [0.4, 0.5) is 5.69 Å². The van der Waals surface area contributed by atoms with Crippen molar-refractivity contribution in [3.63, 3.8) is 0 Å². The van der Waals surface area contributed by atoms with Crippen LogP contribution in [0.1, 0.15) is 21.6 Å². The molecule has 0 fully saturated rings. The summed E-state index contributed by atoms with van der Waals surface area (Å²) >= 11 is 0. The van der Waals surface area contributed by atoms with Gasteiger partial charge in [-0.05, 0) is 43.7 Å². The molecule has 0 aliphatic rings. The van der Waals surface area contributed by atoms with Crippen molar-refractivity contribution in [1.82, 2.24) is 15.2 Å². The molecular weight excluding hydrogens is 276 g/mol. The van der Waals surface area contributed by atoms with E-state index in [1.165, 1.54) is 0 Å².